The number of carbonyl (C=O) groups is 1. The van der Waals surface area contributed by atoms with Crippen LogP contribution in [-0.4, -0.2) is 36.8 Å². The fourth-order valence-corrected chi connectivity index (χ4v) is 3.59. The topological polar surface area (TPSA) is 55.8 Å². The number of carbonyl (C=O) groups excluding carboxylic acids is 1. The first-order chi connectivity index (χ1) is 12.3. The van der Waals surface area contributed by atoms with Gasteiger partial charge in [0.2, 0.25) is 0 Å². The molecule has 26 heavy (non-hydrogen) atoms. The Balaban J connectivity index is 1.97. The summed E-state index contributed by atoms with van der Waals surface area (Å²) < 4.78 is 49.3. The van der Waals surface area contributed by atoms with Crippen molar-refractivity contribution in [3.63, 3.8) is 0 Å². The first kappa shape index (κ1) is 18.7. The molecule has 2 atom stereocenters. The predicted octanol–water partition coefficient (Wildman–Crippen LogP) is 3.93. The molecule has 0 spiro atoms. The van der Waals surface area contributed by atoms with E-state index < -0.39 is 23.3 Å². The monoisotopic (exact) mass is 368 g/mol. The molecule has 7 heteroatoms. The van der Waals surface area contributed by atoms with Crippen LogP contribution in [0.1, 0.15) is 24.0 Å². The largest absolute Gasteiger partial charge is 0.508 e. The summed E-state index contributed by atoms with van der Waals surface area (Å²) in [7, 11) is 1.54. The lowest BCUT2D eigenvalue weighted by atomic mass is 9.76. The Morgan fingerprint density at radius 1 is 1.23 bits per heavy atom. The summed E-state index contributed by atoms with van der Waals surface area (Å²) in [5, 5.41) is 10.3. The van der Waals surface area contributed by atoms with Crippen molar-refractivity contribution in [3.05, 3.63) is 53.3 Å². The van der Waals surface area contributed by atoms with E-state index in [0.717, 1.165) is 12.1 Å². The number of fused-ring (bicyclic) bond motifs is 1. The zero-order chi connectivity index (χ0) is 18.9. The maximum atomic E-state index is 12.8. The van der Waals surface area contributed by atoms with Crippen molar-refractivity contribution < 1.29 is 32.5 Å². The van der Waals surface area contributed by atoms with Crippen molar-refractivity contribution in [2.75, 3.05) is 20.3 Å². The van der Waals surface area contributed by atoms with Crippen LogP contribution in [0.2, 0.25) is 0 Å². The van der Waals surface area contributed by atoms with E-state index in [-0.39, 0.29) is 24.6 Å². The molecule has 0 aliphatic heterocycles. The van der Waals surface area contributed by atoms with Gasteiger partial charge in [0.25, 0.3) is 0 Å². The number of hydrogen-bond donors (Lipinski definition) is 1. The van der Waals surface area contributed by atoms with Crippen LogP contribution in [-0.2, 0) is 20.4 Å². The average Bonchev–Trinajstić information content (AvgIpc) is 2.92. The second kappa shape index (κ2) is 6.89. The van der Waals surface area contributed by atoms with Crippen molar-refractivity contribution >= 4 is 11.4 Å². The van der Waals surface area contributed by atoms with Gasteiger partial charge in [0.05, 0.1) is 24.7 Å². The molecule has 1 fully saturated rings. The zero-order valence-electron chi connectivity index (χ0n) is 14.2. The number of ketones is 1. The van der Waals surface area contributed by atoms with Gasteiger partial charge in [-0.2, -0.15) is 13.2 Å². The number of aliphatic hydroxyl groups is 1. The minimum absolute atomic E-state index is 0.104. The molecule has 0 amide bonds. The third kappa shape index (κ3) is 3.29. The molecule has 2 unspecified atom stereocenters. The van der Waals surface area contributed by atoms with E-state index in [1.165, 1.54) is 25.3 Å². The standard InChI is InChI=1S/C19H19F3O4/c1-25-10-11-26-18-8-6-14(23)16(17(18)15(24)7-9-18)12-2-4-13(5-3-12)19(20,21)22/h2-6,8,17,23H,7,9-11H2,1H3. The summed E-state index contributed by atoms with van der Waals surface area (Å²) in [5.41, 5.74) is -1.01. The third-order valence-corrected chi connectivity index (χ3v) is 4.84. The summed E-state index contributed by atoms with van der Waals surface area (Å²) in [6.45, 7) is 0.619. The Morgan fingerprint density at radius 3 is 2.54 bits per heavy atom. The maximum absolute atomic E-state index is 12.8. The Labute approximate surface area is 148 Å². The van der Waals surface area contributed by atoms with Crippen LogP contribution in [0.3, 0.4) is 0 Å². The van der Waals surface area contributed by atoms with E-state index in [2.05, 4.69) is 0 Å². The average molecular weight is 368 g/mol. The third-order valence-electron chi connectivity index (χ3n) is 4.84. The van der Waals surface area contributed by atoms with E-state index in [9.17, 15) is 23.1 Å². The van der Waals surface area contributed by atoms with E-state index in [1.54, 1.807) is 6.08 Å². The summed E-state index contributed by atoms with van der Waals surface area (Å²) >= 11 is 0. The molecule has 0 aromatic heterocycles. The molecule has 0 saturated heterocycles. The minimum Gasteiger partial charge on any atom is -0.508 e. The van der Waals surface area contributed by atoms with Crippen molar-refractivity contribution in [2.24, 2.45) is 5.92 Å². The molecule has 1 aromatic rings. The molecule has 1 N–H and O–H groups in total. The number of hydrogen-bond acceptors (Lipinski definition) is 4. The number of benzene rings is 1. The first-order valence-corrected chi connectivity index (χ1v) is 8.24. The van der Waals surface area contributed by atoms with Gasteiger partial charge in [0.15, 0.2) is 0 Å². The molecule has 0 heterocycles. The highest BCUT2D eigenvalue weighted by atomic mass is 19.4. The molecule has 140 valence electrons. The van der Waals surface area contributed by atoms with Gasteiger partial charge in [0.1, 0.15) is 17.1 Å². The van der Waals surface area contributed by atoms with Crippen LogP contribution in [0.4, 0.5) is 13.2 Å². The first-order valence-electron chi connectivity index (χ1n) is 8.24. The van der Waals surface area contributed by atoms with Gasteiger partial charge in [0, 0.05) is 19.1 Å². The zero-order valence-corrected chi connectivity index (χ0v) is 14.2. The number of aliphatic hydroxyl groups excluding tert-OH is 1. The number of alkyl halides is 3. The molecule has 2 aliphatic carbocycles. The van der Waals surface area contributed by atoms with Gasteiger partial charge in [-0.15, -0.1) is 0 Å². The Morgan fingerprint density at radius 2 is 1.92 bits per heavy atom. The molecule has 0 bridgehead atoms. The highest BCUT2D eigenvalue weighted by molar-refractivity contribution is 5.99. The number of ether oxygens (including phenoxy) is 2. The molecular formula is C19H19F3O4. The van der Waals surface area contributed by atoms with Crippen molar-refractivity contribution in [1.29, 1.82) is 0 Å². The Bertz CT molecular complexity index is 749. The van der Waals surface area contributed by atoms with Crippen molar-refractivity contribution in [1.82, 2.24) is 0 Å². The smallest absolute Gasteiger partial charge is 0.416 e. The summed E-state index contributed by atoms with van der Waals surface area (Å²) in [6.07, 6.45) is -0.596. The molecular weight excluding hydrogens is 349 g/mol. The minimum atomic E-state index is -4.45. The lowest BCUT2D eigenvalue weighted by Crippen LogP contribution is -2.40. The molecule has 0 radical (unpaired) electrons. The van der Waals surface area contributed by atoms with Crippen LogP contribution in [0, 0.1) is 5.92 Å². The van der Waals surface area contributed by atoms with Crippen molar-refractivity contribution in [2.45, 2.75) is 24.6 Å². The maximum Gasteiger partial charge on any atom is 0.416 e. The molecule has 4 nitrogen and oxygen atoms in total. The van der Waals surface area contributed by atoms with Crippen LogP contribution in [0.25, 0.3) is 5.57 Å². The van der Waals surface area contributed by atoms with Gasteiger partial charge in [-0.25, -0.2) is 0 Å². The molecule has 3 rings (SSSR count). The summed E-state index contributed by atoms with van der Waals surface area (Å²) in [6, 6.07) is 4.44. The fourth-order valence-electron chi connectivity index (χ4n) is 3.59. The van der Waals surface area contributed by atoms with Gasteiger partial charge in [-0.05, 0) is 36.3 Å². The lowest BCUT2D eigenvalue weighted by molar-refractivity contribution is -0.137. The van der Waals surface area contributed by atoms with Crippen LogP contribution < -0.4 is 0 Å². The van der Waals surface area contributed by atoms with Gasteiger partial charge < -0.3 is 14.6 Å². The number of rotatable bonds is 5. The summed E-state index contributed by atoms with van der Waals surface area (Å²) in [4.78, 5) is 12.5. The van der Waals surface area contributed by atoms with E-state index in [0.29, 0.717) is 24.2 Å². The fraction of sp³-hybridized carbons (Fsp3) is 0.421. The van der Waals surface area contributed by atoms with Gasteiger partial charge in [-0.3, -0.25) is 4.79 Å². The predicted molar refractivity (Wildman–Crippen MR) is 88.4 cm³/mol. The quantitative estimate of drug-likeness (QED) is 0.801. The second-order valence-electron chi connectivity index (χ2n) is 6.40. The lowest BCUT2D eigenvalue weighted by Gasteiger charge is -2.36. The second-order valence-corrected chi connectivity index (χ2v) is 6.40. The van der Waals surface area contributed by atoms with E-state index >= 15 is 0 Å². The van der Waals surface area contributed by atoms with Crippen molar-refractivity contribution in [3.8, 4) is 0 Å². The number of halogens is 3. The highest BCUT2D eigenvalue weighted by Gasteiger charge is 2.52. The van der Waals surface area contributed by atoms with Gasteiger partial charge in [-0.1, -0.05) is 12.1 Å². The molecule has 1 saturated carbocycles. The number of Topliss-reactive ketones (excluding diaryl/α,β-unsaturated/α-hetero) is 1. The Hall–Kier alpha value is -2.12. The van der Waals surface area contributed by atoms with E-state index in [4.69, 9.17) is 9.47 Å². The molecule has 2 aliphatic rings. The van der Waals surface area contributed by atoms with Gasteiger partial charge >= 0.3 is 6.18 Å². The normalized spacial score (nSPS) is 25.7. The highest BCUT2D eigenvalue weighted by Crippen LogP contribution is 2.48. The molecule has 1 aromatic carbocycles. The van der Waals surface area contributed by atoms with Crippen LogP contribution in [0.5, 0.6) is 0 Å². The Kier molecular flexibility index (Phi) is 4.94. The van der Waals surface area contributed by atoms with Crippen LogP contribution in [0.15, 0.2) is 42.2 Å². The number of methoxy groups -OCH3 is 1. The summed E-state index contributed by atoms with van der Waals surface area (Å²) in [5.74, 6) is -0.981. The SMILES string of the molecule is COCCOC12C=CC(O)=C(c3ccc(C(F)(F)F)cc3)C1C(=O)CC2. The van der Waals surface area contributed by atoms with Crippen LogP contribution >= 0.6 is 0 Å². The van der Waals surface area contributed by atoms with E-state index in [1.807, 2.05) is 0 Å². The number of allylic oxidation sites excluding steroid dienone is 1.